The Balaban J connectivity index is 1.47. The summed E-state index contributed by atoms with van der Waals surface area (Å²) in [7, 11) is 1.62. The quantitative estimate of drug-likeness (QED) is 0.616. The fourth-order valence-electron chi connectivity index (χ4n) is 3.97. The number of aromatic nitrogens is 3. The number of aryl methyl sites for hydroxylation is 3. The van der Waals surface area contributed by atoms with Crippen LogP contribution in [0.3, 0.4) is 0 Å². The van der Waals surface area contributed by atoms with Crippen molar-refractivity contribution in [2.24, 2.45) is 0 Å². The number of carbonyl (C=O) groups excluding carboxylic acids is 1. The predicted molar refractivity (Wildman–Crippen MR) is 126 cm³/mol. The van der Waals surface area contributed by atoms with Crippen LogP contribution in [-0.4, -0.2) is 52.6 Å². The topological polar surface area (TPSA) is 89.5 Å². The number of rotatable bonds is 6. The molecule has 8 nitrogen and oxygen atoms in total. The molecule has 0 radical (unpaired) electrons. The van der Waals surface area contributed by atoms with Crippen molar-refractivity contribution >= 4 is 17.5 Å². The van der Waals surface area contributed by atoms with E-state index in [9.17, 15) is 4.79 Å². The second-order valence-electron chi connectivity index (χ2n) is 8.25. The Morgan fingerprint density at radius 3 is 2.61 bits per heavy atom. The second kappa shape index (κ2) is 9.95. The van der Waals surface area contributed by atoms with Crippen molar-refractivity contribution in [3.8, 4) is 5.75 Å². The fourth-order valence-corrected chi connectivity index (χ4v) is 3.97. The lowest BCUT2D eigenvalue weighted by atomic mass is 10.1. The Kier molecular flexibility index (Phi) is 6.84. The molecule has 1 aliphatic rings. The first-order valence-electron chi connectivity index (χ1n) is 11.0. The average molecular weight is 448 g/mol. The zero-order valence-corrected chi connectivity index (χ0v) is 19.5. The van der Waals surface area contributed by atoms with E-state index in [0.29, 0.717) is 32.1 Å². The summed E-state index contributed by atoms with van der Waals surface area (Å²) in [4.78, 5) is 28.4. The molecule has 0 bridgehead atoms. The van der Waals surface area contributed by atoms with Gasteiger partial charge in [-0.05, 0) is 56.7 Å². The Morgan fingerprint density at radius 1 is 1.09 bits per heavy atom. The number of morpholine rings is 1. The van der Waals surface area contributed by atoms with E-state index in [4.69, 9.17) is 9.47 Å². The van der Waals surface area contributed by atoms with Gasteiger partial charge in [0.15, 0.2) is 0 Å². The summed E-state index contributed by atoms with van der Waals surface area (Å²) in [5, 5.41) is 3.27. The number of hydrogen-bond acceptors (Lipinski definition) is 7. The number of ether oxygens (including phenoxy) is 2. The molecule has 172 valence electrons. The number of nitrogens with one attached hydrogen (secondary N) is 1. The Morgan fingerprint density at radius 2 is 1.85 bits per heavy atom. The molecule has 0 spiro atoms. The Hall–Kier alpha value is -3.52. The molecule has 2 aromatic heterocycles. The van der Waals surface area contributed by atoms with E-state index in [0.717, 1.165) is 39.8 Å². The van der Waals surface area contributed by atoms with Crippen molar-refractivity contribution in [1.29, 1.82) is 0 Å². The molecule has 1 saturated heterocycles. The van der Waals surface area contributed by atoms with Gasteiger partial charge < -0.3 is 19.7 Å². The number of anilines is 2. The molecule has 1 aliphatic heterocycles. The highest BCUT2D eigenvalue weighted by atomic mass is 16.5. The van der Waals surface area contributed by atoms with Gasteiger partial charge in [0.1, 0.15) is 11.9 Å². The molecule has 1 unspecified atom stereocenters. The van der Waals surface area contributed by atoms with Gasteiger partial charge >= 0.3 is 0 Å². The molecule has 1 fully saturated rings. The molecule has 3 aromatic rings. The van der Waals surface area contributed by atoms with Crippen molar-refractivity contribution in [3.05, 3.63) is 70.8 Å². The fraction of sp³-hybridized carbons (Fsp3) is 0.360. The van der Waals surface area contributed by atoms with Crippen LogP contribution in [0, 0.1) is 20.8 Å². The smallest absolute Gasteiger partial charge is 0.227 e. The molecule has 8 heteroatoms. The number of carbonyl (C=O) groups is 1. The van der Waals surface area contributed by atoms with Crippen molar-refractivity contribution in [2.45, 2.75) is 33.3 Å². The maximum absolute atomic E-state index is 13.0. The van der Waals surface area contributed by atoms with Gasteiger partial charge in [0.25, 0.3) is 0 Å². The maximum atomic E-state index is 13.0. The highest BCUT2D eigenvalue weighted by Crippen LogP contribution is 2.26. The largest absolute Gasteiger partial charge is 0.497 e. The van der Waals surface area contributed by atoms with E-state index in [2.05, 4.69) is 20.3 Å². The predicted octanol–water partition coefficient (Wildman–Crippen LogP) is 3.69. The van der Waals surface area contributed by atoms with Gasteiger partial charge in [0.2, 0.25) is 11.9 Å². The molecule has 33 heavy (non-hydrogen) atoms. The SMILES string of the molecule is COc1cccc(CC(=O)N2CCOC(c3cc(Nc4nc(C)cc(C)n4)cc(C)n3)C2)c1. The molecule has 1 atom stereocenters. The first kappa shape index (κ1) is 22.7. The lowest BCUT2D eigenvalue weighted by molar-refractivity contribution is -0.138. The number of hydrogen-bond donors (Lipinski definition) is 1. The van der Waals surface area contributed by atoms with Crippen molar-refractivity contribution in [1.82, 2.24) is 19.9 Å². The van der Waals surface area contributed by atoms with Crippen LogP contribution >= 0.6 is 0 Å². The third kappa shape index (κ3) is 5.84. The van der Waals surface area contributed by atoms with Crippen LogP contribution in [0.4, 0.5) is 11.6 Å². The van der Waals surface area contributed by atoms with Gasteiger partial charge in [-0.2, -0.15) is 0 Å². The van der Waals surface area contributed by atoms with Gasteiger partial charge in [0, 0.05) is 29.3 Å². The molecule has 3 heterocycles. The summed E-state index contributed by atoms with van der Waals surface area (Å²) in [5.41, 5.74) is 5.19. The van der Waals surface area contributed by atoms with E-state index in [1.54, 1.807) is 7.11 Å². The van der Waals surface area contributed by atoms with E-state index in [1.165, 1.54) is 0 Å². The van der Waals surface area contributed by atoms with Crippen LogP contribution in [0.2, 0.25) is 0 Å². The molecule has 1 amide bonds. The number of methoxy groups -OCH3 is 1. The molecule has 0 aliphatic carbocycles. The minimum atomic E-state index is -0.298. The van der Waals surface area contributed by atoms with Crippen molar-refractivity contribution < 1.29 is 14.3 Å². The van der Waals surface area contributed by atoms with Gasteiger partial charge in [-0.15, -0.1) is 0 Å². The van der Waals surface area contributed by atoms with E-state index in [-0.39, 0.29) is 12.0 Å². The van der Waals surface area contributed by atoms with Gasteiger partial charge in [-0.1, -0.05) is 12.1 Å². The van der Waals surface area contributed by atoms with Crippen LogP contribution < -0.4 is 10.1 Å². The second-order valence-corrected chi connectivity index (χ2v) is 8.25. The first-order valence-corrected chi connectivity index (χ1v) is 11.0. The van der Waals surface area contributed by atoms with Gasteiger partial charge in [0.05, 0.1) is 32.4 Å². The maximum Gasteiger partial charge on any atom is 0.227 e. The number of amides is 1. The van der Waals surface area contributed by atoms with Crippen LogP contribution in [0.5, 0.6) is 5.75 Å². The molecular weight excluding hydrogens is 418 g/mol. The zero-order valence-electron chi connectivity index (χ0n) is 19.5. The van der Waals surface area contributed by atoms with E-state index in [1.807, 2.05) is 68.1 Å². The van der Waals surface area contributed by atoms with Crippen LogP contribution in [0.1, 0.15) is 34.4 Å². The zero-order chi connectivity index (χ0) is 23.4. The third-order valence-corrected chi connectivity index (χ3v) is 5.45. The molecule has 4 rings (SSSR count). The summed E-state index contributed by atoms with van der Waals surface area (Å²) < 4.78 is 11.3. The summed E-state index contributed by atoms with van der Waals surface area (Å²) >= 11 is 0. The van der Waals surface area contributed by atoms with E-state index < -0.39 is 0 Å². The molecule has 1 N–H and O–H groups in total. The van der Waals surface area contributed by atoms with E-state index >= 15 is 0 Å². The number of nitrogens with zero attached hydrogens (tertiary/aromatic N) is 4. The third-order valence-electron chi connectivity index (χ3n) is 5.45. The molecular formula is C25H29N5O3. The summed E-state index contributed by atoms with van der Waals surface area (Å²) in [6.45, 7) is 7.30. The highest BCUT2D eigenvalue weighted by molar-refractivity contribution is 5.79. The van der Waals surface area contributed by atoms with Crippen LogP contribution in [-0.2, 0) is 16.0 Å². The summed E-state index contributed by atoms with van der Waals surface area (Å²) in [6, 6.07) is 13.4. The van der Waals surface area contributed by atoms with Gasteiger partial charge in [-0.3, -0.25) is 9.78 Å². The standard InChI is InChI=1S/C25H29N5O3/c1-16-10-17(2)28-25(27-16)29-20-11-18(3)26-22(14-20)23-15-30(8-9-33-23)24(31)13-19-6-5-7-21(12-19)32-4/h5-7,10-12,14,23H,8-9,13,15H2,1-4H3,(H,26,27,28,29). The van der Waals surface area contributed by atoms with Crippen molar-refractivity contribution in [2.75, 3.05) is 32.1 Å². The van der Waals surface area contributed by atoms with Crippen LogP contribution in [0.25, 0.3) is 0 Å². The lowest BCUT2D eigenvalue weighted by Crippen LogP contribution is -2.43. The number of benzene rings is 1. The average Bonchev–Trinajstić information content (AvgIpc) is 2.78. The van der Waals surface area contributed by atoms with Crippen LogP contribution in [0.15, 0.2) is 42.5 Å². The summed E-state index contributed by atoms with van der Waals surface area (Å²) in [6.07, 6.45) is 0.0239. The summed E-state index contributed by atoms with van der Waals surface area (Å²) in [5.74, 6) is 1.35. The number of pyridine rings is 1. The minimum absolute atomic E-state index is 0.0613. The van der Waals surface area contributed by atoms with Crippen molar-refractivity contribution in [3.63, 3.8) is 0 Å². The lowest BCUT2D eigenvalue weighted by Gasteiger charge is -2.33. The monoisotopic (exact) mass is 447 g/mol. The normalized spacial score (nSPS) is 15.9. The molecule has 0 saturated carbocycles. The minimum Gasteiger partial charge on any atom is -0.497 e. The molecule has 1 aromatic carbocycles. The Bertz CT molecular complexity index is 1130. The Labute approximate surface area is 194 Å². The first-order chi connectivity index (χ1) is 15.9. The highest BCUT2D eigenvalue weighted by Gasteiger charge is 2.27. The van der Waals surface area contributed by atoms with Gasteiger partial charge in [-0.25, -0.2) is 9.97 Å².